The van der Waals surface area contributed by atoms with Crippen LogP contribution in [-0.4, -0.2) is 45.3 Å². The number of nitrogens with one attached hydrogen (secondary N) is 1. The van der Waals surface area contributed by atoms with Crippen LogP contribution in [0.3, 0.4) is 0 Å². The maximum atomic E-state index is 13.4. The Labute approximate surface area is 209 Å². The van der Waals surface area contributed by atoms with Crippen molar-refractivity contribution in [3.63, 3.8) is 0 Å². The van der Waals surface area contributed by atoms with Gasteiger partial charge in [-0.2, -0.15) is 18.4 Å². The molecule has 0 saturated carbocycles. The summed E-state index contributed by atoms with van der Waals surface area (Å²) in [5.74, 6) is -2.66. The number of benzene rings is 1. The van der Waals surface area contributed by atoms with Crippen LogP contribution in [0.2, 0.25) is 5.15 Å². The number of anilines is 2. The molecule has 4 rings (SSSR count). The zero-order chi connectivity index (χ0) is 26.2. The summed E-state index contributed by atoms with van der Waals surface area (Å²) < 4.78 is 40.2. The molecule has 1 unspecified atom stereocenters. The predicted molar refractivity (Wildman–Crippen MR) is 128 cm³/mol. The zero-order valence-corrected chi connectivity index (χ0v) is 20.2. The number of alkyl halides is 3. The Morgan fingerprint density at radius 1 is 1.31 bits per heavy atom. The highest BCUT2D eigenvalue weighted by Gasteiger charge is 2.42. The third kappa shape index (κ3) is 5.14. The van der Waals surface area contributed by atoms with Crippen LogP contribution >= 0.6 is 11.6 Å². The fourth-order valence-electron chi connectivity index (χ4n) is 4.41. The van der Waals surface area contributed by atoms with Crippen molar-refractivity contribution in [2.45, 2.75) is 38.9 Å². The van der Waals surface area contributed by atoms with Crippen LogP contribution in [-0.2, 0) is 0 Å². The van der Waals surface area contributed by atoms with Gasteiger partial charge < -0.3 is 15.3 Å². The molecule has 1 saturated heterocycles. The maximum absolute atomic E-state index is 13.4. The molecule has 2 N–H and O–H groups in total. The molecule has 3 heterocycles. The Kier molecular flexibility index (Phi) is 6.91. The number of hydrogen-bond acceptors (Lipinski definition) is 7. The van der Waals surface area contributed by atoms with Crippen molar-refractivity contribution in [1.29, 1.82) is 5.26 Å². The summed E-state index contributed by atoms with van der Waals surface area (Å²) in [6, 6.07) is 8.02. The smallest absolute Gasteiger partial charge is 0.393 e. The van der Waals surface area contributed by atoms with Gasteiger partial charge in [-0.3, -0.25) is 0 Å². The Morgan fingerprint density at radius 2 is 2.06 bits per heavy atom. The summed E-state index contributed by atoms with van der Waals surface area (Å²) in [6.07, 6.45) is -4.00. The van der Waals surface area contributed by atoms with Crippen LogP contribution in [0.25, 0.3) is 11.0 Å². The summed E-state index contributed by atoms with van der Waals surface area (Å²) in [4.78, 5) is 26.1. The molecule has 1 fully saturated rings. The molecule has 3 aromatic rings. The van der Waals surface area contributed by atoms with Gasteiger partial charge in [0, 0.05) is 18.7 Å². The number of fused-ring (bicyclic) bond motifs is 1. The molecule has 0 bridgehead atoms. The minimum Gasteiger partial charge on any atom is -0.476 e. The first-order valence-corrected chi connectivity index (χ1v) is 11.6. The first kappa shape index (κ1) is 25.4. The lowest BCUT2D eigenvalue weighted by Crippen LogP contribution is -2.42. The molecule has 1 aliphatic rings. The Hall–Kier alpha value is -3.65. The number of carboxylic acids is 1. The molecule has 1 aliphatic heterocycles. The molecular weight excluding hydrogens is 497 g/mol. The lowest BCUT2D eigenvalue weighted by atomic mass is 9.97. The average molecular weight is 519 g/mol. The standard InChI is InChI=1S/C24H22ClF3N6O2/c1-12-8-15(13(2)30-16-5-6-19(25)32-21(16)23(35)36)20-17(9-12)31-18(10-29)22(33-20)34-7-3-4-14(11-34)24(26,27)28/h5-6,8-9,13-14,30H,3-4,7,11H2,1-2H3,(H,35,36)/t13-,14?/m1/s1. The molecule has 0 radical (unpaired) electrons. The maximum Gasteiger partial charge on any atom is 0.393 e. The number of carboxylic acid groups (broad SMARTS) is 1. The van der Waals surface area contributed by atoms with Gasteiger partial charge in [-0.05, 0) is 50.5 Å². The summed E-state index contributed by atoms with van der Waals surface area (Å²) >= 11 is 5.85. The predicted octanol–water partition coefficient (Wildman–Crippen LogP) is 5.51. The van der Waals surface area contributed by atoms with E-state index < -0.39 is 24.1 Å². The average Bonchev–Trinajstić information content (AvgIpc) is 2.83. The van der Waals surface area contributed by atoms with Gasteiger partial charge in [-0.25, -0.2) is 19.7 Å². The van der Waals surface area contributed by atoms with Crippen molar-refractivity contribution < 1.29 is 23.1 Å². The number of aryl methyl sites for hydroxylation is 1. The van der Waals surface area contributed by atoms with E-state index in [9.17, 15) is 28.3 Å². The highest BCUT2D eigenvalue weighted by Crippen LogP contribution is 2.36. The highest BCUT2D eigenvalue weighted by molar-refractivity contribution is 6.29. The minimum atomic E-state index is -4.34. The molecule has 0 amide bonds. The number of pyridine rings is 1. The van der Waals surface area contributed by atoms with E-state index in [1.165, 1.54) is 17.0 Å². The Balaban J connectivity index is 1.78. The van der Waals surface area contributed by atoms with Crippen molar-refractivity contribution in [3.05, 3.63) is 51.9 Å². The second kappa shape index (κ2) is 9.78. The van der Waals surface area contributed by atoms with Gasteiger partial charge in [-0.15, -0.1) is 0 Å². The topological polar surface area (TPSA) is 115 Å². The molecule has 2 aromatic heterocycles. The van der Waals surface area contributed by atoms with Crippen molar-refractivity contribution in [3.8, 4) is 6.07 Å². The van der Waals surface area contributed by atoms with E-state index >= 15 is 0 Å². The van der Waals surface area contributed by atoms with Crippen molar-refractivity contribution in [2.75, 3.05) is 23.3 Å². The first-order valence-electron chi connectivity index (χ1n) is 11.2. The number of nitriles is 1. The van der Waals surface area contributed by atoms with Gasteiger partial charge in [0.2, 0.25) is 0 Å². The van der Waals surface area contributed by atoms with Crippen LogP contribution in [0.15, 0.2) is 24.3 Å². The van der Waals surface area contributed by atoms with E-state index in [-0.39, 0.29) is 41.0 Å². The van der Waals surface area contributed by atoms with Crippen molar-refractivity contribution in [1.82, 2.24) is 15.0 Å². The van der Waals surface area contributed by atoms with Gasteiger partial charge in [0.15, 0.2) is 17.2 Å². The van der Waals surface area contributed by atoms with Crippen molar-refractivity contribution >= 4 is 40.1 Å². The first-order chi connectivity index (χ1) is 17.0. The zero-order valence-electron chi connectivity index (χ0n) is 19.4. The molecule has 2 atom stereocenters. The fraction of sp³-hybridized carbons (Fsp3) is 0.375. The van der Waals surface area contributed by atoms with Crippen LogP contribution in [0, 0.1) is 24.2 Å². The van der Waals surface area contributed by atoms with Gasteiger partial charge in [0.1, 0.15) is 11.2 Å². The molecule has 12 heteroatoms. The number of rotatable bonds is 5. The molecule has 1 aromatic carbocycles. The lowest BCUT2D eigenvalue weighted by molar-refractivity contribution is -0.176. The molecular formula is C24H22ClF3N6O2. The number of nitrogens with zero attached hydrogens (tertiary/aromatic N) is 5. The van der Waals surface area contributed by atoms with E-state index in [2.05, 4.69) is 20.3 Å². The van der Waals surface area contributed by atoms with Crippen LogP contribution in [0.1, 0.15) is 53.1 Å². The summed E-state index contributed by atoms with van der Waals surface area (Å²) in [7, 11) is 0. The Morgan fingerprint density at radius 3 is 2.72 bits per heavy atom. The second-order valence-electron chi connectivity index (χ2n) is 8.76. The largest absolute Gasteiger partial charge is 0.476 e. The molecule has 188 valence electrons. The van der Waals surface area contributed by atoms with Crippen LogP contribution in [0.5, 0.6) is 0 Å². The molecule has 0 spiro atoms. The van der Waals surface area contributed by atoms with E-state index in [1.807, 2.05) is 19.1 Å². The highest BCUT2D eigenvalue weighted by atomic mass is 35.5. The van der Waals surface area contributed by atoms with Gasteiger partial charge in [0.05, 0.1) is 28.7 Å². The third-order valence-electron chi connectivity index (χ3n) is 6.12. The number of hydrogen-bond donors (Lipinski definition) is 2. The summed E-state index contributed by atoms with van der Waals surface area (Å²) in [5.41, 5.74) is 2.21. The summed E-state index contributed by atoms with van der Waals surface area (Å²) in [6.45, 7) is 3.65. The number of aromatic nitrogens is 3. The minimum absolute atomic E-state index is 0.0231. The summed E-state index contributed by atoms with van der Waals surface area (Å²) in [5, 5.41) is 22.3. The monoisotopic (exact) mass is 518 g/mol. The van der Waals surface area contributed by atoms with E-state index in [0.717, 1.165) is 5.56 Å². The quantitative estimate of drug-likeness (QED) is 0.425. The second-order valence-corrected chi connectivity index (χ2v) is 9.14. The van der Waals surface area contributed by atoms with E-state index in [4.69, 9.17) is 11.6 Å². The van der Waals surface area contributed by atoms with E-state index in [1.54, 1.807) is 13.0 Å². The lowest BCUT2D eigenvalue weighted by Gasteiger charge is -2.34. The van der Waals surface area contributed by atoms with E-state index in [0.29, 0.717) is 29.6 Å². The number of halogens is 4. The van der Waals surface area contributed by atoms with Crippen molar-refractivity contribution in [2.24, 2.45) is 5.92 Å². The SMILES string of the molecule is Cc1cc([C@@H](C)Nc2ccc(Cl)nc2C(=O)O)c2nc(N3CCCC(C(F)(F)F)C3)c(C#N)nc2c1. The van der Waals surface area contributed by atoms with Crippen LogP contribution < -0.4 is 10.2 Å². The van der Waals surface area contributed by atoms with Crippen LogP contribution in [0.4, 0.5) is 24.7 Å². The number of aromatic carboxylic acids is 1. The van der Waals surface area contributed by atoms with Gasteiger partial charge in [0.25, 0.3) is 0 Å². The molecule has 36 heavy (non-hydrogen) atoms. The third-order valence-corrected chi connectivity index (χ3v) is 6.33. The van der Waals surface area contributed by atoms with Gasteiger partial charge in [-0.1, -0.05) is 17.7 Å². The molecule has 8 nitrogen and oxygen atoms in total. The molecule has 0 aliphatic carbocycles. The normalized spacial score (nSPS) is 17.0. The Bertz CT molecular complexity index is 1370. The van der Waals surface area contributed by atoms with Gasteiger partial charge >= 0.3 is 12.1 Å². The number of carbonyl (C=O) groups is 1. The number of piperidine rings is 1. The fourth-order valence-corrected chi connectivity index (χ4v) is 4.56.